The fourth-order valence-corrected chi connectivity index (χ4v) is 2.22. The summed E-state index contributed by atoms with van der Waals surface area (Å²) >= 11 is 0. The van der Waals surface area contributed by atoms with E-state index in [0.717, 1.165) is 5.57 Å². The Hall–Kier alpha value is -2.17. The number of phenolic OH excluding ortho intramolecular Hbond substituents is 2. The molecule has 0 saturated carbocycles. The number of carbonyl (C=O) groups excluding carboxylic acids is 1. The minimum absolute atomic E-state index is 0.0234. The zero-order valence-electron chi connectivity index (χ0n) is 11.1. The Bertz CT molecular complexity index is 574. The molecule has 1 aromatic rings. The molecule has 19 heavy (non-hydrogen) atoms. The van der Waals surface area contributed by atoms with Crippen LogP contribution in [-0.4, -0.2) is 29.2 Å². The van der Waals surface area contributed by atoms with E-state index in [1.54, 1.807) is 6.92 Å². The molecule has 0 saturated heterocycles. The molecule has 102 valence electrons. The third-order valence-corrected chi connectivity index (χ3v) is 3.21. The second kappa shape index (κ2) is 4.50. The summed E-state index contributed by atoms with van der Waals surface area (Å²) in [5.74, 6) is -0.741. The number of methoxy groups -OCH3 is 1. The lowest BCUT2D eigenvalue weighted by Gasteiger charge is -2.14. The van der Waals surface area contributed by atoms with Crippen molar-refractivity contribution in [1.82, 2.24) is 0 Å². The molecule has 0 amide bonds. The van der Waals surface area contributed by atoms with Crippen LogP contribution in [0.2, 0.25) is 0 Å². The van der Waals surface area contributed by atoms with Gasteiger partial charge in [0.15, 0.2) is 17.3 Å². The number of phenols is 2. The number of rotatable bonds is 3. The fourth-order valence-electron chi connectivity index (χ4n) is 2.22. The lowest BCUT2D eigenvalue weighted by atomic mass is 9.99. The van der Waals surface area contributed by atoms with Crippen molar-refractivity contribution >= 4 is 5.78 Å². The highest BCUT2D eigenvalue weighted by Crippen LogP contribution is 2.51. The van der Waals surface area contributed by atoms with Crippen LogP contribution in [-0.2, 0) is 6.42 Å². The summed E-state index contributed by atoms with van der Waals surface area (Å²) < 4.78 is 10.6. The Kier molecular flexibility index (Phi) is 3.14. The van der Waals surface area contributed by atoms with Gasteiger partial charge in [0.25, 0.3) is 0 Å². The van der Waals surface area contributed by atoms with Gasteiger partial charge in [-0.3, -0.25) is 4.79 Å². The molecule has 1 heterocycles. The van der Waals surface area contributed by atoms with E-state index in [0.29, 0.717) is 12.0 Å². The molecule has 5 heteroatoms. The van der Waals surface area contributed by atoms with Gasteiger partial charge in [0.05, 0.1) is 7.11 Å². The molecule has 0 spiro atoms. The van der Waals surface area contributed by atoms with Crippen LogP contribution < -0.4 is 9.47 Å². The van der Waals surface area contributed by atoms with Crippen LogP contribution in [0.3, 0.4) is 0 Å². The average molecular weight is 264 g/mol. The molecule has 1 aromatic carbocycles. The van der Waals surface area contributed by atoms with E-state index in [4.69, 9.17) is 9.47 Å². The average Bonchev–Trinajstić information content (AvgIpc) is 2.78. The molecule has 0 unspecified atom stereocenters. The van der Waals surface area contributed by atoms with Crippen LogP contribution in [0.15, 0.2) is 12.2 Å². The van der Waals surface area contributed by atoms with Crippen molar-refractivity contribution in [3.05, 3.63) is 23.3 Å². The first-order valence-electron chi connectivity index (χ1n) is 5.86. The lowest BCUT2D eigenvalue weighted by Crippen LogP contribution is -2.13. The monoisotopic (exact) mass is 264 g/mol. The number of carbonyl (C=O) groups is 1. The Morgan fingerprint density at radius 1 is 1.37 bits per heavy atom. The first kappa shape index (κ1) is 13.3. The normalized spacial score (nSPS) is 16.7. The summed E-state index contributed by atoms with van der Waals surface area (Å²) in [5.41, 5.74) is 1.17. The zero-order chi connectivity index (χ0) is 14.3. The fraction of sp³-hybridized carbons (Fsp3) is 0.357. The minimum atomic E-state index is -0.383. The highest BCUT2D eigenvalue weighted by molar-refractivity contribution is 6.01. The summed E-state index contributed by atoms with van der Waals surface area (Å²) in [7, 11) is 1.32. The van der Waals surface area contributed by atoms with E-state index in [1.807, 2.05) is 0 Å². The smallest absolute Gasteiger partial charge is 0.202 e. The SMILES string of the molecule is C=C(C)[C@@H]1Cc2c(O)c(C(C)=O)c(OC)c(O)c2O1. The number of ketones is 1. The highest BCUT2D eigenvalue weighted by atomic mass is 16.5. The number of hydrogen-bond donors (Lipinski definition) is 2. The molecule has 1 aliphatic rings. The van der Waals surface area contributed by atoms with Gasteiger partial charge >= 0.3 is 0 Å². The number of benzene rings is 1. The molecule has 0 aliphatic carbocycles. The van der Waals surface area contributed by atoms with E-state index in [1.165, 1.54) is 14.0 Å². The van der Waals surface area contributed by atoms with E-state index >= 15 is 0 Å². The Labute approximate surface area is 111 Å². The molecule has 1 aliphatic heterocycles. The third kappa shape index (κ3) is 1.91. The summed E-state index contributed by atoms with van der Waals surface area (Å²) in [6.45, 7) is 6.89. The van der Waals surface area contributed by atoms with Gasteiger partial charge in [-0.1, -0.05) is 6.58 Å². The van der Waals surface area contributed by atoms with Crippen LogP contribution in [0.1, 0.15) is 29.8 Å². The standard InChI is InChI=1S/C14H16O5/c1-6(2)9-5-8-11(16)10(7(3)15)14(18-4)12(17)13(8)19-9/h9,16-17H,1,5H2,2-4H3/t9-/m0/s1. The van der Waals surface area contributed by atoms with Gasteiger partial charge in [0, 0.05) is 12.0 Å². The Balaban J connectivity index is 2.67. The Morgan fingerprint density at radius 2 is 2.00 bits per heavy atom. The van der Waals surface area contributed by atoms with Crippen molar-refractivity contribution in [1.29, 1.82) is 0 Å². The summed E-state index contributed by atoms with van der Waals surface area (Å²) in [4.78, 5) is 11.6. The first-order valence-corrected chi connectivity index (χ1v) is 5.86. The zero-order valence-corrected chi connectivity index (χ0v) is 11.1. The van der Waals surface area contributed by atoms with Crippen LogP contribution in [0, 0.1) is 0 Å². The molecular weight excluding hydrogens is 248 g/mol. The molecule has 0 bridgehead atoms. The van der Waals surface area contributed by atoms with Crippen molar-refractivity contribution in [2.24, 2.45) is 0 Å². The first-order chi connectivity index (χ1) is 8.88. The van der Waals surface area contributed by atoms with Gasteiger partial charge in [-0.05, 0) is 19.4 Å². The van der Waals surface area contributed by atoms with E-state index in [-0.39, 0.29) is 40.4 Å². The van der Waals surface area contributed by atoms with Crippen molar-refractivity contribution < 1.29 is 24.5 Å². The molecule has 1 atom stereocenters. The van der Waals surface area contributed by atoms with Crippen LogP contribution in [0.4, 0.5) is 0 Å². The van der Waals surface area contributed by atoms with Crippen LogP contribution >= 0.6 is 0 Å². The van der Waals surface area contributed by atoms with Gasteiger partial charge in [0.1, 0.15) is 17.4 Å². The molecule has 0 radical (unpaired) electrons. The van der Waals surface area contributed by atoms with Gasteiger partial charge in [-0.15, -0.1) is 0 Å². The van der Waals surface area contributed by atoms with Crippen LogP contribution in [0.25, 0.3) is 0 Å². The predicted molar refractivity (Wildman–Crippen MR) is 69.3 cm³/mol. The quantitative estimate of drug-likeness (QED) is 0.497. The second-order valence-corrected chi connectivity index (χ2v) is 4.63. The largest absolute Gasteiger partial charge is 0.507 e. The van der Waals surface area contributed by atoms with Gasteiger partial charge in [-0.2, -0.15) is 0 Å². The van der Waals surface area contributed by atoms with Crippen molar-refractivity contribution in [2.45, 2.75) is 26.4 Å². The van der Waals surface area contributed by atoms with Gasteiger partial charge < -0.3 is 19.7 Å². The minimum Gasteiger partial charge on any atom is -0.507 e. The summed E-state index contributed by atoms with van der Waals surface area (Å²) in [5, 5.41) is 20.3. The number of ether oxygens (including phenoxy) is 2. The van der Waals surface area contributed by atoms with Crippen molar-refractivity contribution in [3.63, 3.8) is 0 Å². The number of Topliss-reactive ketones (excluding diaryl/α,β-unsaturated/α-hetero) is 1. The van der Waals surface area contributed by atoms with Gasteiger partial charge in [0.2, 0.25) is 5.75 Å². The second-order valence-electron chi connectivity index (χ2n) is 4.63. The topological polar surface area (TPSA) is 76.0 Å². The maximum atomic E-state index is 11.6. The third-order valence-electron chi connectivity index (χ3n) is 3.21. The van der Waals surface area contributed by atoms with E-state index in [9.17, 15) is 15.0 Å². The number of fused-ring (bicyclic) bond motifs is 1. The maximum absolute atomic E-state index is 11.6. The van der Waals surface area contributed by atoms with E-state index in [2.05, 4.69) is 6.58 Å². The molecule has 0 fully saturated rings. The summed E-state index contributed by atoms with van der Waals surface area (Å²) in [6.07, 6.45) is 0.0487. The number of hydrogen-bond acceptors (Lipinski definition) is 5. The molecular formula is C14H16O5. The molecule has 2 N–H and O–H groups in total. The maximum Gasteiger partial charge on any atom is 0.202 e. The number of aromatic hydroxyl groups is 2. The molecule has 2 rings (SSSR count). The highest BCUT2D eigenvalue weighted by Gasteiger charge is 2.35. The summed E-state index contributed by atoms with van der Waals surface area (Å²) in [6, 6.07) is 0. The Morgan fingerprint density at radius 3 is 2.47 bits per heavy atom. The lowest BCUT2D eigenvalue weighted by molar-refractivity contribution is 0.101. The van der Waals surface area contributed by atoms with Crippen molar-refractivity contribution in [3.8, 4) is 23.0 Å². The predicted octanol–water partition coefficient (Wildman–Crippen LogP) is 2.19. The molecule has 5 nitrogen and oxygen atoms in total. The van der Waals surface area contributed by atoms with Gasteiger partial charge in [-0.25, -0.2) is 0 Å². The van der Waals surface area contributed by atoms with E-state index < -0.39 is 0 Å². The van der Waals surface area contributed by atoms with Crippen LogP contribution in [0.5, 0.6) is 23.0 Å². The molecule has 0 aromatic heterocycles. The van der Waals surface area contributed by atoms with Crippen molar-refractivity contribution in [2.75, 3.05) is 7.11 Å².